The second-order valence-electron chi connectivity index (χ2n) is 4.82. The number of benzene rings is 1. The first kappa shape index (κ1) is 14.8. The summed E-state index contributed by atoms with van der Waals surface area (Å²) in [6.07, 6.45) is 1.48. The molecule has 0 bridgehead atoms. The van der Waals surface area contributed by atoms with Gasteiger partial charge in [0.1, 0.15) is 18.1 Å². The van der Waals surface area contributed by atoms with Crippen LogP contribution in [0.4, 0.5) is 5.69 Å². The number of carbonyl (C=O) groups excluding carboxylic acids is 1. The molecule has 0 spiro atoms. The molecule has 1 heterocycles. The summed E-state index contributed by atoms with van der Waals surface area (Å²) in [5.41, 5.74) is 7.55. The van der Waals surface area contributed by atoms with E-state index < -0.39 is 0 Å². The molecular formula is C16H19N3O2. The number of aryl methyl sites for hydroxylation is 1. The molecule has 5 heteroatoms. The Balaban J connectivity index is 1.87. The van der Waals surface area contributed by atoms with Crippen LogP contribution in [0, 0.1) is 6.92 Å². The molecule has 2 rings (SSSR count). The van der Waals surface area contributed by atoms with Crippen LogP contribution in [0.5, 0.6) is 5.75 Å². The molecule has 2 N–H and O–H groups in total. The lowest BCUT2D eigenvalue weighted by Gasteiger charge is -2.17. The number of ether oxygens (including phenoxy) is 1. The van der Waals surface area contributed by atoms with E-state index in [0.717, 1.165) is 11.3 Å². The third-order valence-corrected chi connectivity index (χ3v) is 3.13. The van der Waals surface area contributed by atoms with Crippen LogP contribution in [0.25, 0.3) is 0 Å². The largest absolute Gasteiger partial charge is 0.491 e. The Kier molecular flexibility index (Phi) is 4.77. The van der Waals surface area contributed by atoms with Crippen molar-refractivity contribution in [3.8, 4) is 5.75 Å². The molecule has 0 radical (unpaired) electrons. The van der Waals surface area contributed by atoms with Gasteiger partial charge in [-0.3, -0.25) is 4.79 Å². The van der Waals surface area contributed by atoms with Crippen molar-refractivity contribution in [2.24, 2.45) is 0 Å². The summed E-state index contributed by atoms with van der Waals surface area (Å²) in [6.45, 7) is 2.91. The number of hydrogen-bond acceptors (Lipinski definition) is 4. The van der Waals surface area contributed by atoms with Crippen molar-refractivity contribution in [2.45, 2.75) is 6.92 Å². The summed E-state index contributed by atoms with van der Waals surface area (Å²) in [6, 6.07) is 11.1. The molecule has 0 aliphatic carbocycles. The molecule has 0 saturated heterocycles. The summed E-state index contributed by atoms with van der Waals surface area (Å²) in [5.74, 6) is 0.687. The number of pyridine rings is 1. The molecule has 0 atom stereocenters. The van der Waals surface area contributed by atoms with E-state index in [-0.39, 0.29) is 5.91 Å². The minimum atomic E-state index is -0.150. The lowest BCUT2D eigenvalue weighted by atomic mass is 10.2. The number of rotatable bonds is 5. The highest BCUT2D eigenvalue weighted by Gasteiger charge is 2.12. The van der Waals surface area contributed by atoms with E-state index in [4.69, 9.17) is 10.5 Å². The van der Waals surface area contributed by atoms with Gasteiger partial charge in [0.15, 0.2) is 0 Å². The lowest BCUT2D eigenvalue weighted by molar-refractivity contribution is 0.0768. The maximum Gasteiger partial charge on any atom is 0.272 e. The Labute approximate surface area is 124 Å². The van der Waals surface area contributed by atoms with Crippen molar-refractivity contribution in [1.82, 2.24) is 9.88 Å². The van der Waals surface area contributed by atoms with Crippen LogP contribution in [0.15, 0.2) is 42.6 Å². The minimum absolute atomic E-state index is 0.150. The number of nitrogen functional groups attached to an aromatic ring is 1. The molecular weight excluding hydrogens is 266 g/mol. The van der Waals surface area contributed by atoms with E-state index in [1.54, 1.807) is 24.1 Å². The van der Waals surface area contributed by atoms with Gasteiger partial charge in [0.05, 0.1) is 18.4 Å². The number of carbonyl (C=O) groups is 1. The van der Waals surface area contributed by atoms with Gasteiger partial charge in [0.25, 0.3) is 5.91 Å². The molecule has 1 aromatic carbocycles. The Morgan fingerprint density at radius 1 is 1.29 bits per heavy atom. The molecule has 2 aromatic rings. The highest BCUT2D eigenvalue weighted by atomic mass is 16.5. The summed E-state index contributed by atoms with van der Waals surface area (Å²) in [7, 11) is 1.72. The number of nitrogens with two attached hydrogens (primary N) is 1. The number of hydrogen-bond donors (Lipinski definition) is 1. The molecule has 110 valence electrons. The molecule has 1 aromatic heterocycles. The van der Waals surface area contributed by atoms with Gasteiger partial charge in [0.2, 0.25) is 0 Å². The Morgan fingerprint density at radius 2 is 2.05 bits per heavy atom. The van der Waals surface area contributed by atoms with E-state index in [1.807, 2.05) is 31.2 Å². The molecule has 1 amide bonds. The number of aromatic nitrogens is 1. The fourth-order valence-corrected chi connectivity index (χ4v) is 1.84. The van der Waals surface area contributed by atoms with E-state index in [2.05, 4.69) is 4.98 Å². The molecule has 0 unspecified atom stereocenters. The fourth-order valence-electron chi connectivity index (χ4n) is 1.84. The second kappa shape index (κ2) is 6.74. The van der Waals surface area contributed by atoms with Crippen molar-refractivity contribution in [3.63, 3.8) is 0 Å². The number of nitrogens with zero attached hydrogens (tertiary/aromatic N) is 2. The average Bonchev–Trinajstić information content (AvgIpc) is 2.49. The van der Waals surface area contributed by atoms with Crippen LogP contribution in [0.3, 0.4) is 0 Å². The number of para-hydroxylation sites is 1. The van der Waals surface area contributed by atoms with Crippen LogP contribution in [0.2, 0.25) is 0 Å². The average molecular weight is 285 g/mol. The number of amides is 1. The molecule has 0 aliphatic heterocycles. The molecule has 0 fully saturated rings. The summed E-state index contributed by atoms with van der Waals surface area (Å²) >= 11 is 0. The van der Waals surface area contributed by atoms with Gasteiger partial charge in [0, 0.05) is 7.05 Å². The highest BCUT2D eigenvalue weighted by molar-refractivity contribution is 5.92. The fraction of sp³-hybridized carbons (Fsp3) is 0.250. The first-order valence-electron chi connectivity index (χ1n) is 6.73. The molecule has 5 nitrogen and oxygen atoms in total. The van der Waals surface area contributed by atoms with Crippen LogP contribution < -0.4 is 10.5 Å². The first-order chi connectivity index (χ1) is 10.1. The Bertz CT molecular complexity index is 611. The van der Waals surface area contributed by atoms with Gasteiger partial charge in [-0.05, 0) is 30.7 Å². The third kappa shape index (κ3) is 3.95. The summed E-state index contributed by atoms with van der Waals surface area (Å²) < 4.78 is 5.68. The first-order valence-corrected chi connectivity index (χ1v) is 6.73. The zero-order valence-electron chi connectivity index (χ0n) is 12.2. The van der Waals surface area contributed by atoms with Gasteiger partial charge >= 0.3 is 0 Å². The van der Waals surface area contributed by atoms with Crippen molar-refractivity contribution in [1.29, 1.82) is 0 Å². The van der Waals surface area contributed by atoms with Gasteiger partial charge < -0.3 is 15.4 Å². The topological polar surface area (TPSA) is 68.5 Å². The predicted octanol–water partition coefficient (Wildman–Crippen LogP) is 2.12. The number of likely N-dealkylation sites (N-methyl/N-ethyl adjacent to an activating group) is 1. The summed E-state index contributed by atoms with van der Waals surface area (Å²) in [5, 5.41) is 0. The second-order valence-corrected chi connectivity index (χ2v) is 4.82. The van der Waals surface area contributed by atoms with Crippen LogP contribution >= 0.6 is 0 Å². The maximum absolute atomic E-state index is 12.1. The highest BCUT2D eigenvalue weighted by Crippen LogP contribution is 2.15. The maximum atomic E-state index is 12.1. The van der Waals surface area contributed by atoms with E-state index in [0.29, 0.717) is 24.5 Å². The van der Waals surface area contributed by atoms with E-state index in [9.17, 15) is 4.79 Å². The van der Waals surface area contributed by atoms with Crippen LogP contribution in [-0.4, -0.2) is 36.0 Å². The van der Waals surface area contributed by atoms with Crippen molar-refractivity contribution in [3.05, 3.63) is 53.9 Å². The minimum Gasteiger partial charge on any atom is -0.491 e. The quantitative estimate of drug-likeness (QED) is 0.913. The van der Waals surface area contributed by atoms with E-state index in [1.165, 1.54) is 6.20 Å². The SMILES string of the molecule is Cc1ccccc1OCCN(C)C(=O)c1ccc(N)cn1. The summed E-state index contributed by atoms with van der Waals surface area (Å²) in [4.78, 5) is 17.7. The zero-order chi connectivity index (χ0) is 15.2. The van der Waals surface area contributed by atoms with Gasteiger partial charge in [-0.25, -0.2) is 4.98 Å². The monoisotopic (exact) mass is 285 g/mol. The smallest absolute Gasteiger partial charge is 0.272 e. The number of anilines is 1. The van der Waals surface area contributed by atoms with Crippen molar-refractivity contribution < 1.29 is 9.53 Å². The molecule has 0 saturated carbocycles. The van der Waals surface area contributed by atoms with Crippen molar-refractivity contribution >= 4 is 11.6 Å². The normalized spacial score (nSPS) is 10.2. The molecule has 21 heavy (non-hydrogen) atoms. The third-order valence-electron chi connectivity index (χ3n) is 3.13. The van der Waals surface area contributed by atoms with Gasteiger partial charge in [-0.15, -0.1) is 0 Å². The Morgan fingerprint density at radius 3 is 2.71 bits per heavy atom. The van der Waals surface area contributed by atoms with Gasteiger partial charge in [-0.1, -0.05) is 18.2 Å². The van der Waals surface area contributed by atoms with Gasteiger partial charge in [-0.2, -0.15) is 0 Å². The molecule has 0 aliphatic rings. The van der Waals surface area contributed by atoms with Crippen LogP contribution in [-0.2, 0) is 0 Å². The van der Waals surface area contributed by atoms with Crippen LogP contribution in [0.1, 0.15) is 16.1 Å². The Hall–Kier alpha value is -2.56. The standard InChI is InChI=1S/C16H19N3O2/c1-12-5-3-4-6-15(12)21-10-9-19(2)16(20)14-8-7-13(17)11-18-14/h3-8,11H,9-10,17H2,1-2H3. The lowest BCUT2D eigenvalue weighted by Crippen LogP contribution is -2.31. The van der Waals surface area contributed by atoms with E-state index >= 15 is 0 Å². The van der Waals surface area contributed by atoms with Crippen molar-refractivity contribution in [2.75, 3.05) is 25.9 Å². The predicted molar refractivity (Wildman–Crippen MR) is 82.3 cm³/mol. The zero-order valence-corrected chi connectivity index (χ0v) is 12.2.